The Balaban J connectivity index is 2.64. The number of pyridine rings is 1. The lowest BCUT2D eigenvalue weighted by molar-refractivity contribution is -0.136. The molecule has 4 heteroatoms. The van der Waals surface area contributed by atoms with E-state index in [2.05, 4.69) is 4.98 Å². The van der Waals surface area contributed by atoms with Crippen LogP contribution in [0.5, 0.6) is 0 Å². The average molecular weight is 197 g/mol. The Bertz CT molecular complexity index is 297. The maximum absolute atomic E-state index is 10.5. The van der Waals surface area contributed by atoms with Gasteiger partial charge >= 0.3 is 5.97 Å². The first-order valence-corrected chi connectivity index (χ1v) is 4.79. The summed E-state index contributed by atoms with van der Waals surface area (Å²) in [5.74, 6) is -0.813. The van der Waals surface area contributed by atoms with Crippen LogP contribution in [0.2, 0.25) is 0 Å². The van der Waals surface area contributed by atoms with Crippen molar-refractivity contribution in [3.8, 4) is 0 Å². The molecular formula is C9H11NO2S. The van der Waals surface area contributed by atoms with Crippen LogP contribution < -0.4 is 0 Å². The van der Waals surface area contributed by atoms with E-state index < -0.39 is 11.2 Å². The fraction of sp³-hybridized carbons (Fsp3) is 0.333. The van der Waals surface area contributed by atoms with Crippen molar-refractivity contribution in [3.05, 3.63) is 23.9 Å². The van der Waals surface area contributed by atoms with E-state index in [-0.39, 0.29) is 0 Å². The molecule has 1 aromatic heterocycles. The van der Waals surface area contributed by atoms with E-state index >= 15 is 0 Å². The van der Waals surface area contributed by atoms with Gasteiger partial charge in [-0.3, -0.25) is 4.79 Å². The maximum atomic E-state index is 10.5. The summed E-state index contributed by atoms with van der Waals surface area (Å²) in [5, 5.41) is 8.95. The van der Waals surface area contributed by atoms with Crippen LogP contribution >= 0.6 is 11.8 Å². The third-order valence-corrected chi connectivity index (χ3v) is 2.57. The fourth-order valence-corrected chi connectivity index (χ4v) is 1.48. The molecule has 70 valence electrons. The second-order valence-corrected chi connectivity index (χ2v) is 4.13. The molecule has 13 heavy (non-hydrogen) atoms. The molecule has 0 amide bonds. The number of aryl methyl sites for hydroxylation is 1. The van der Waals surface area contributed by atoms with Crippen molar-refractivity contribution < 1.29 is 9.90 Å². The van der Waals surface area contributed by atoms with Crippen molar-refractivity contribution in [1.29, 1.82) is 0 Å². The average Bonchev–Trinajstić information content (AvgIpc) is 2.08. The van der Waals surface area contributed by atoms with Gasteiger partial charge in [-0.15, -0.1) is 0 Å². The predicted molar refractivity (Wildman–Crippen MR) is 51.9 cm³/mol. The minimum atomic E-state index is -0.813. The van der Waals surface area contributed by atoms with Gasteiger partial charge in [0.2, 0.25) is 0 Å². The van der Waals surface area contributed by atoms with Gasteiger partial charge in [-0.25, -0.2) is 4.98 Å². The lowest BCUT2D eigenvalue weighted by atomic mass is 10.3. The van der Waals surface area contributed by atoms with Gasteiger partial charge in [0.25, 0.3) is 0 Å². The normalized spacial score (nSPS) is 12.5. The van der Waals surface area contributed by atoms with Crippen molar-refractivity contribution in [2.24, 2.45) is 0 Å². The van der Waals surface area contributed by atoms with Gasteiger partial charge in [-0.1, -0.05) is 17.8 Å². The lowest BCUT2D eigenvalue weighted by Gasteiger charge is -2.04. The quantitative estimate of drug-likeness (QED) is 0.752. The number of aliphatic carboxylic acids is 1. The summed E-state index contributed by atoms with van der Waals surface area (Å²) in [5.41, 5.74) is 1.08. The third kappa shape index (κ3) is 3.06. The summed E-state index contributed by atoms with van der Waals surface area (Å²) in [6.07, 6.45) is 1.73. The van der Waals surface area contributed by atoms with Gasteiger partial charge < -0.3 is 5.11 Å². The fourth-order valence-electron chi connectivity index (χ4n) is 0.755. The van der Waals surface area contributed by atoms with Crippen molar-refractivity contribution in [2.45, 2.75) is 24.1 Å². The van der Waals surface area contributed by atoms with E-state index in [4.69, 9.17) is 5.11 Å². The lowest BCUT2D eigenvalue weighted by Crippen LogP contribution is -2.11. The van der Waals surface area contributed by atoms with Crippen LogP contribution in [0, 0.1) is 6.92 Å². The van der Waals surface area contributed by atoms with E-state index in [9.17, 15) is 4.79 Å². The molecule has 0 aromatic carbocycles. The van der Waals surface area contributed by atoms with Crippen LogP contribution in [-0.4, -0.2) is 21.3 Å². The van der Waals surface area contributed by atoms with E-state index in [1.54, 1.807) is 13.1 Å². The van der Waals surface area contributed by atoms with Crippen molar-refractivity contribution >= 4 is 17.7 Å². The van der Waals surface area contributed by atoms with Gasteiger partial charge in [-0.2, -0.15) is 0 Å². The van der Waals surface area contributed by atoms with Crippen LogP contribution in [0.4, 0.5) is 0 Å². The molecular weight excluding hydrogens is 186 g/mol. The van der Waals surface area contributed by atoms with Crippen LogP contribution in [-0.2, 0) is 4.79 Å². The van der Waals surface area contributed by atoms with E-state index in [1.165, 1.54) is 11.8 Å². The molecule has 0 aliphatic rings. The van der Waals surface area contributed by atoms with Gasteiger partial charge in [0.15, 0.2) is 0 Å². The summed E-state index contributed by atoms with van der Waals surface area (Å²) in [6.45, 7) is 3.59. The second-order valence-electron chi connectivity index (χ2n) is 2.77. The molecule has 0 saturated heterocycles. The Labute approximate surface area is 81.2 Å². The summed E-state index contributed by atoms with van der Waals surface area (Å²) >= 11 is 1.25. The van der Waals surface area contributed by atoms with Crippen LogP contribution in [0.15, 0.2) is 23.4 Å². The number of aromatic nitrogens is 1. The highest BCUT2D eigenvalue weighted by Gasteiger charge is 2.12. The molecule has 1 N–H and O–H groups in total. The zero-order chi connectivity index (χ0) is 9.84. The Kier molecular flexibility index (Phi) is 3.31. The number of rotatable bonds is 3. The first-order valence-electron chi connectivity index (χ1n) is 3.91. The number of hydrogen-bond acceptors (Lipinski definition) is 3. The topological polar surface area (TPSA) is 50.2 Å². The van der Waals surface area contributed by atoms with Crippen LogP contribution in [0.1, 0.15) is 12.5 Å². The van der Waals surface area contributed by atoms with Crippen LogP contribution in [0.3, 0.4) is 0 Å². The van der Waals surface area contributed by atoms with Gasteiger partial charge in [-0.05, 0) is 25.5 Å². The number of hydrogen-bond donors (Lipinski definition) is 1. The number of carboxylic acid groups (broad SMARTS) is 1. The highest BCUT2D eigenvalue weighted by Crippen LogP contribution is 2.20. The molecule has 0 aliphatic carbocycles. The van der Waals surface area contributed by atoms with Crippen molar-refractivity contribution in [1.82, 2.24) is 4.98 Å². The second kappa shape index (κ2) is 4.28. The third-order valence-electron chi connectivity index (χ3n) is 1.53. The molecule has 0 bridgehead atoms. The minimum absolute atomic E-state index is 0.449. The molecule has 1 unspecified atom stereocenters. The molecule has 1 heterocycles. The summed E-state index contributed by atoms with van der Waals surface area (Å²) < 4.78 is 0. The number of carbonyl (C=O) groups is 1. The Morgan fingerprint density at radius 3 is 2.77 bits per heavy atom. The highest BCUT2D eigenvalue weighted by molar-refractivity contribution is 8.00. The summed E-state index contributed by atoms with van der Waals surface area (Å²) in [4.78, 5) is 14.6. The summed E-state index contributed by atoms with van der Waals surface area (Å²) in [6, 6.07) is 3.75. The number of nitrogens with zero attached hydrogens (tertiary/aromatic N) is 1. The smallest absolute Gasteiger partial charge is 0.316 e. The molecule has 1 aromatic rings. The van der Waals surface area contributed by atoms with Crippen LogP contribution in [0.25, 0.3) is 0 Å². The van der Waals surface area contributed by atoms with E-state index in [0.29, 0.717) is 0 Å². The zero-order valence-electron chi connectivity index (χ0n) is 7.52. The van der Waals surface area contributed by atoms with Crippen molar-refractivity contribution in [2.75, 3.05) is 0 Å². The SMILES string of the molecule is Cc1ccc(SC(C)C(=O)O)nc1. The Morgan fingerprint density at radius 2 is 2.31 bits per heavy atom. The monoisotopic (exact) mass is 197 g/mol. The first-order chi connectivity index (χ1) is 6.09. The standard InChI is InChI=1S/C9H11NO2S/c1-6-3-4-8(10-5-6)13-7(2)9(11)12/h3-5,7H,1-2H3,(H,11,12). The zero-order valence-corrected chi connectivity index (χ0v) is 8.34. The number of carboxylic acids is 1. The van der Waals surface area contributed by atoms with Gasteiger partial charge in [0.1, 0.15) is 5.25 Å². The minimum Gasteiger partial charge on any atom is -0.480 e. The van der Waals surface area contributed by atoms with E-state index in [0.717, 1.165) is 10.6 Å². The molecule has 1 atom stereocenters. The number of thioether (sulfide) groups is 1. The molecule has 0 fully saturated rings. The maximum Gasteiger partial charge on any atom is 0.316 e. The highest BCUT2D eigenvalue weighted by atomic mass is 32.2. The Hall–Kier alpha value is -1.03. The molecule has 0 spiro atoms. The first kappa shape index (κ1) is 10.1. The molecule has 0 radical (unpaired) electrons. The largest absolute Gasteiger partial charge is 0.480 e. The van der Waals surface area contributed by atoms with E-state index in [1.807, 2.05) is 19.1 Å². The predicted octanol–water partition coefficient (Wildman–Crippen LogP) is 1.96. The molecule has 3 nitrogen and oxygen atoms in total. The van der Waals surface area contributed by atoms with Gasteiger partial charge in [0, 0.05) is 6.20 Å². The summed E-state index contributed by atoms with van der Waals surface area (Å²) in [7, 11) is 0. The molecule has 1 rings (SSSR count). The Morgan fingerprint density at radius 1 is 1.62 bits per heavy atom. The molecule has 0 saturated carbocycles. The molecule has 0 aliphatic heterocycles. The van der Waals surface area contributed by atoms with Crippen molar-refractivity contribution in [3.63, 3.8) is 0 Å². The van der Waals surface area contributed by atoms with Gasteiger partial charge in [0.05, 0.1) is 5.03 Å².